The van der Waals surface area contributed by atoms with Crippen molar-refractivity contribution < 1.29 is 4.74 Å². The third-order valence-electron chi connectivity index (χ3n) is 3.70. The first-order valence-corrected chi connectivity index (χ1v) is 7.52. The monoisotopic (exact) mass is 277 g/mol. The standard InChI is InChI=1S/C14H19N3OS/c1-18-7-6-17-11-15-9-12(17)10-16-5-4-13(16)14-3-2-8-19-14/h2-3,8-9,11,13H,4-7,10H2,1H3. The van der Waals surface area contributed by atoms with Gasteiger partial charge in [0, 0.05) is 43.9 Å². The largest absolute Gasteiger partial charge is 0.383 e. The number of methoxy groups -OCH3 is 1. The molecule has 0 spiro atoms. The van der Waals surface area contributed by atoms with Crippen molar-refractivity contribution in [2.75, 3.05) is 20.3 Å². The van der Waals surface area contributed by atoms with E-state index in [9.17, 15) is 0 Å². The van der Waals surface area contributed by atoms with Crippen LogP contribution >= 0.6 is 11.3 Å². The Morgan fingerprint density at radius 2 is 2.47 bits per heavy atom. The fourth-order valence-corrected chi connectivity index (χ4v) is 3.41. The highest BCUT2D eigenvalue weighted by Crippen LogP contribution is 2.36. The van der Waals surface area contributed by atoms with Crippen LogP contribution in [0.5, 0.6) is 0 Å². The minimum atomic E-state index is 0.603. The van der Waals surface area contributed by atoms with Crippen molar-refractivity contribution in [3.63, 3.8) is 0 Å². The molecule has 0 N–H and O–H groups in total. The second-order valence-electron chi connectivity index (χ2n) is 4.86. The van der Waals surface area contributed by atoms with Gasteiger partial charge in [0.2, 0.25) is 0 Å². The average molecular weight is 277 g/mol. The van der Waals surface area contributed by atoms with Crippen molar-refractivity contribution in [3.8, 4) is 0 Å². The lowest BCUT2D eigenvalue weighted by Gasteiger charge is -2.40. The van der Waals surface area contributed by atoms with Gasteiger partial charge in [-0.15, -0.1) is 11.3 Å². The van der Waals surface area contributed by atoms with E-state index in [4.69, 9.17) is 4.74 Å². The van der Waals surface area contributed by atoms with Crippen LogP contribution in [0.1, 0.15) is 23.0 Å². The van der Waals surface area contributed by atoms with Crippen molar-refractivity contribution in [3.05, 3.63) is 40.6 Å². The zero-order valence-corrected chi connectivity index (χ0v) is 12.0. The lowest BCUT2D eigenvalue weighted by atomic mass is 10.0. The Labute approximate surface area is 117 Å². The van der Waals surface area contributed by atoms with Gasteiger partial charge in [-0.2, -0.15) is 0 Å². The van der Waals surface area contributed by atoms with E-state index < -0.39 is 0 Å². The lowest BCUT2D eigenvalue weighted by Crippen LogP contribution is -2.40. The molecule has 2 aromatic rings. The first-order chi connectivity index (χ1) is 9.38. The van der Waals surface area contributed by atoms with E-state index in [1.165, 1.54) is 23.5 Å². The number of nitrogens with zero attached hydrogens (tertiary/aromatic N) is 3. The predicted molar refractivity (Wildman–Crippen MR) is 76.2 cm³/mol. The highest BCUT2D eigenvalue weighted by molar-refractivity contribution is 7.10. The maximum atomic E-state index is 5.13. The molecule has 3 heterocycles. The van der Waals surface area contributed by atoms with Crippen molar-refractivity contribution in [1.82, 2.24) is 14.5 Å². The van der Waals surface area contributed by atoms with Crippen LogP contribution in [0.3, 0.4) is 0 Å². The maximum Gasteiger partial charge on any atom is 0.0949 e. The van der Waals surface area contributed by atoms with E-state index in [2.05, 4.69) is 32.0 Å². The van der Waals surface area contributed by atoms with Crippen LogP contribution in [-0.4, -0.2) is 34.7 Å². The van der Waals surface area contributed by atoms with Gasteiger partial charge in [-0.05, 0) is 17.9 Å². The molecule has 1 unspecified atom stereocenters. The van der Waals surface area contributed by atoms with E-state index in [1.807, 2.05) is 23.9 Å². The fourth-order valence-electron chi connectivity index (χ4n) is 2.51. The molecule has 0 radical (unpaired) electrons. The first-order valence-electron chi connectivity index (χ1n) is 6.64. The summed E-state index contributed by atoms with van der Waals surface area (Å²) in [5.74, 6) is 0. The molecule has 1 aliphatic rings. The predicted octanol–water partition coefficient (Wildman–Crippen LogP) is 2.54. The second kappa shape index (κ2) is 5.86. The molecule has 19 heavy (non-hydrogen) atoms. The molecule has 0 amide bonds. The number of rotatable bonds is 6. The molecule has 1 fully saturated rings. The van der Waals surface area contributed by atoms with Gasteiger partial charge in [0.05, 0.1) is 18.6 Å². The van der Waals surface area contributed by atoms with Crippen LogP contribution in [0.4, 0.5) is 0 Å². The van der Waals surface area contributed by atoms with Gasteiger partial charge in [0.1, 0.15) is 0 Å². The minimum absolute atomic E-state index is 0.603. The van der Waals surface area contributed by atoms with Gasteiger partial charge in [-0.25, -0.2) is 4.98 Å². The van der Waals surface area contributed by atoms with Crippen molar-refractivity contribution >= 4 is 11.3 Å². The number of ether oxygens (including phenoxy) is 1. The van der Waals surface area contributed by atoms with Crippen LogP contribution in [0.25, 0.3) is 0 Å². The molecule has 1 saturated heterocycles. The summed E-state index contributed by atoms with van der Waals surface area (Å²) in [7, 11) is 1.73. The Kier molecular flexibility index (Phi) is 3.96. The van der Waals surface area contributed by atoms with Crippen LogP contribution < -0.4 is 0 Å². The van der Waals surface area contributed by atoms with E-state index >= 15 is 0 Å². The number of hydrogen-bond donors (Lipinski definition) is 0. The number of imidazole rings is 1. The van der Waals surface area contributed by atoms with E-state index in [-0.39, 0.29) is 0 Å². The smallest absolute Gasteiger partial charge is 0.0949 e. The molecule has 0 saturated carbocycles. The normalized spacial score (nSPS) is 19.5. The third kappa shape index (κ3) is 2.73. The number of thiophene rings is 1. The number of aromatic nitrogens is 2. The molecule has 3 rings (SSSR count). The summed E-state index contributed by atoms with van der Waals surface area (Å²) in [5.41, 5.74) is 1.28. The molecule has 4 nitrogen and oxygen atoms in total. The SMILES string of the molecule is COCCn1cncc1CN1CCC1c1cccs1. The zero-order chi connectivity index (χ0) is 13.1. The van der Waals surface area contributed by atoms with E-state index in [1.54, 1.807) is 7.11 Å². The van der Waals surface area contributed by atoms with Crippen LogP contribution in [0.15, 0.2) is 30.0 Å². The number of hydrogen-bond acceptors (Lipinski definition) is 4. The van der Waals surface area contributed by atoms with Gasteiger partial charge in [0.25, 0.3) is 0 Å². The molecule has 1 aliphatic heterocycles. The van der Waals surface area contributed by atoms with Gasteiger partial charge in [-0.3, -0.25) is 4.90 Å². The summed E-state index contributed by atoms with van der Waals surface area (Å²) in [4.78, 5) is 8.26. The molecule has 1 atom stereocenters. The molecule has 0 bridgehead atoms. The summed E-state index contributed by atoms with van der Waals surface area (Å²) in [6.07, 6.45) is 5.14. The van der Waals surface area contributed by atoms with Crippen LogP contribution in [0, 0.1) is 0 Å². The van der Waals surface area contributed by atoms with Crippen molar-refractivity contribution in [1.29, 1.82) is 0 Å². The summed E-state index contributed by atoms with van der Waals surface area (Å²) in [6.45, 7) is 3.77. The molecule has 0 aromatic carbocycles. The van der Waals surface area contributed by atoms with Crippen molar-refractivity contribution in [2.45, 2.75) is 25.6 Å². The summed E-state index contributed by atoms with van der Waals surface area (Å²) in [5, 5.41) is 2.16. The fraction of sp³-hybridized carbons (Fsp3) is 0.500. The first kappa shape index (κ1) is 12.8. The van der Waals surface area contributed by atoms with Crippen molar-refractivity contribution in [2.24, 2.45) is 0 Å². The average Bonchev–Trinajstić information content (AvgIpc) is 3.03. The Morgan fingerprint density at radius 3 is 3.16 bits per heavy atom. The summed E-state index contributed by atoms with van der Waals surface area (Å²) in [6, 6.07) is 4.98. The maximum absolute atomic E-state index is 5.13. The Bertz CT molecular complexity index is 509. The van der Waals surface area contributed by atoms with Gasteiger partial charge in [-0.1, -0.05) is 6.07 Å². The Morgan fingerprint density at radius 1 is 1.53 bits per heavy atom. The second-order valence-corrected chi connectivity index (χ2v) is 5.84. The van der Waals surface area contributed by atoms with E-state index in [0.29, 0.717) is 6.04 Å². The van der Waals surface area contributed by atoms with Gasteiger partial charge in [0.15, 0.2) is 0 Å². The Balaban J connectivity index is 1.64. The summed E-state index contributed by atoms with van der Waals surface area (Å²) < 4.78 is 7.32. The lowest BCUT2D eigenvalue weighted by molar-refractivity contribution is 0.0808. The molecule has 102 valence electrons. The van der Waals surface area contributed by atoms with Crippen LogP contribution in [0.2, 0.25) is 0 Å². The summed E-state index contributed by atoms with van der Waals surface area (Å²) >= 11 is 1.86. The number of likely N-dealkylation sites (tertiary alicyclic amines) is 1. The quantitative estimate of drug-likeness (QED) is 0.813. The van der Waals surface area contributed by atoms with Gasteiger partial charge < -0.3 is 9.30 Å². The highest BCUT2D eigenvalue weighted by Gasteiger charge is 2.30. The molecule has 5 heteroatoms. The molecule has 0 aliphatic carbocycles. The minimum Gasteiger partial charge on any atom is -0.383 e. The van der Waals surface area contributed by atoms with E-state index in [0.717, 1.165) is 19.7 Å². The zero-order valence-electron chi connectivity index (χ0n) is 11.2. The molecular weight excluding hydrogens is 258 g/mol. The molecular formula is C14H19N3OS. The Hall–Kier alpha value is -1.17. The van der Waals surface area contributed by atoms with Gasteiger partial charge >= 0.3 is 0 Å². The topological polar surface area (TPSA) is 30.3 Å². The highest BCUT2D eigenvalue weighted by atomic mass is 32.1. The molecule has 2 aromatic heterocycles. The van der Waals surface area contributed by atoms with Crippen LogP contribution in [-0.2, 0) is 17.8 Å². The third-order valence-corrected chi connectivity index (χ3v) is 4.68.